The van der Waals surface area contributed by atoms with Crippen LogP contribution in [0.2, 0.25) is 0 Å². The molecule has 1 heterocycles. The van der Waals surface area contributed by atoms with Crippen LogP contribution >= 0.6 is 23.1 Å². The minimum absolute atomic E-state index is 0.185. The van der Waals surface area contributed by atoms with E-state index in [1.807, 2.05) is 0 Å². The van der Waals surface area contributed by atoms with E-state index in [0.29, 0.717) is 21.6 Å². The molecule has 2 rings (SSSR count). The van der Waals surface area contributed by atoms with Crippen molar-refractivity contribution in [3.63, 3.8) is 0 Å². The zero-order valence-corrected chi connectivity index (χ0v) is 15.6. The second kappa shape index (κ2) is 8.53. The normalized spacial score (nSPS) is 14.5. The highest BCUT2D eigenvalue weighted by Gasteiger charge is 2.27. The molecule has 8 heteroatoms. The molecular weight excluding hydrogens is 350 g/mol. The van der Waals surface area contributed by atoms with Gasteiger partial charge in [0.25, 0.3) is 0 Å². The standard InChI is InChI=1S/C16H21NO5S2/c1-9-12(15(19)21-2)14(24-13(9)16(20)22-3)17-11(18)8-23-10-6-4-5-7-10/h10H,4-8H2,1-3H3,(H,17,18). The predicted molar refractivity (Wildman–Crippen MR) is 95.1 cm³/mol. The molecule has 0 aliphatic heterocycles. The molecule has 24 heavy (non-hydrogen) atoms. The molecule has 0 aromatic carbocycles. The predicted octanol–water partition coefficient (Wildman–Crippen LogP) is 3.24. The fraction of sp³-hybridized carbons (Fsp3) is 0.562. The van der Waals surface area contributed by atoms with E-state index in [1.165, 1.54) is 27.1 Å². The number of anilines is 1. The van der Waals surface area contributed by atoms with Crippen molar-refractivity contribution >= 4 is 45.9 Å². The third-order valence-electron chi connectivity index (χ3n) is 3.91. The third kappa shape index (κ3) is 4.30. The molecule has 0 saturated heterocycles. The van der Waals surface area contributed by atoms with Crippen LogP contribution in [0.1, 0.15) is 51.3 Å². The minimum Gasteiger partial charge on any atom is -0.465 e. The van der Waals surface area contributed by atoms with E-state index in [9.17, 15) is 14.4 Å². The maximum absolute atomic E-state index is 12.2. The Labute approximate surface area is 149 Å². The number of carbonyl (C=O) groups is 3. The second-order valence-corrected chi connectivity index (χ2v) is 7.82. The number of hydrogen-bond donors (Lipinski definition) is 1. The van der Waals surface area contributed by atoms with E-state index in [-0.39, 0.29) is 16.3 Å². The SMILES string of the molecule is COC(=O)c1sc(NC(=O)CSC2CCCC2)c(C(=O)OC)c1C. The average Bonchev–Trinajstić information content (AvgIpc) is 3.20. The molecule has 132 valence electrons. The van der Waals surface area contributed by atoms with Crippen LogP contribution < -0.4 is 5.32 Å². The summed E-state index contributed by atoms with van der Waals surface area (Å²) in [6.45, 7) is 1.64. The second-order valence-electron chi connectivity index (χ2n) is 5.51. The van der Waals surface area contributed by atoms with E-state index in [4.69, 9.17) is 9.47 Å². The van der Waals surface area contributed by atoms with Gasteiger partial charge in [-0.2, -0.15) is 0 Å². The van der Waals surface area contributed by atoms with Crippen LogP contribution in [0.15, 0.2) is 0 Å². The summed E-state index contributed by atoms with van der Waals surface area (Å²) in [5.41, 5.74) is 0.666. The lowest BCUT2D eigenvalue weighted by Gasteiger charge is -2.09. The Hall–Kier alpha value is -1.54. The number of amides is 1. The number of hydrogen-bond acceptors (Lipinski definition) is 7. The van der Waals surface area contributed by atoms with Crippen LogP contribution in [0.3, 0.4) is 0 Å². The largest absolute Gasteiger partial charge is 0.465 e. The van der Waals surface area contributed by atoms with Gasteiger partial charge < -0.3 is 14.8 Å². The first-order valence-corrected chi connectivity index (χ1v) is 9.56. The molecule has 6 nitrogen and oxygen atoms in total. The van der Waals surface area contributed by atoms with Crippen molar-refractivity contribution in [1.29, 1.82) is 0 Å². The summed E-state index contributed by atoms with van der Waals surface area (Å²) in [5.74, 6) is -0.980. The van der Waals surface area contributed by atoms with Crippen molar-refractivity contribution in [3.8, 4) is 0 Å². The summed E-state index contributed by atoms with van der Waals surface area (Å²) in [6, 6.07) is 0. The molecule has 0 unspecified atom stereocenters. The lowest BCUT2D eigenvalue weighted by atomic mass is 10.1. The van der Waals surface area contributed by atoms with Crippen LogP contribution in [0.4, 0.5) is 5.00 Å². The van der Waals surface area contributed by atoms with Crippen LogP contribution in [0, 0.1) is 6.92 Å². The van der Waals surface area contributed by atoms with Gasteiger partial charge in [-0.25, -0.2) is 9.59 Å². The Bertz CT molecular complexity index is 635. The lowest BCUT2D eigenvalue weighted by Crippen LogP contribution is -2.17. The monoisotopic (exact) mass is 371 g/mol. The summed E-state index contributed by atoms with van der Waals surface area (Å²) in [7, 11) is 2.54. The molecule has 1 fully saturated rings. The maximum Gasteiger partial charge on any atom is 0.348 e. The number of esters is 2. The Kier molecular flexibility index (Phi) is 6.68. The van der Waals surface area contributed by atoms with E-state index in [2.05, 4.69) is 5.32 Å². The zero-order chi connectivity index (χ0) is 17.7. The number of thiophene rings is 1. The summed E-state index contributed by atoms with van der Waals surface area (Å²) < 4.78 is 9.49. The van der Waals surface area contributed by atoms with Crippen molar-refractivity contribution in [2.45, 2.75) is 37.9 Å². The Morgan fingerprint density at radius 1 is 1.17 bits per heavy atom. The van der Waals surface area contributed by atoms with Crippen LogP contribution in [0.5, 0.6) is 0 Å². The Balaban J connectivity index is 2.13. The molecule has 1 aromatic heterocycles. The maximum atomic E-state index is 12.2. The molecule has 1 amide bonds. The number of nitrogens with one attached hydrogen (secondary N) is 1. The van der Waals surface area contributed by atoms with E-state index < -0.39 is 11.9 Å². The smallest absolute Gasteiger partial charge is 0.348 e. The van der Waals surface area contributed by atoms with Crippen LogP contribution in [-0.4, -0.2) is 43.1 Å². The van der Waals surface area contributed by atoms with E-state index >= 15 is 0 Å². The molecule has 1 N–H and O–H groups in total. The molecule has 0 spiro atoms. The number of thioether (sulfide) groups is 1. The molecular formula is C16H21NO5S2. The topological polar surface area (TPSA) is 81.7 Å². The van der Waals surface area contributed by atoms with Crippen LogP contribution in [0.25, 0.3) is 0 Å². The number of methoxy groups -OCH3 is 2. The highest BCUT2D eigenvalue weighted by Crippen LogP contribution is 2.35. The van der Waals surface area contributed by atoms with E-state index in [1.54, 1.807) is 18.7 Å². The quantitative estimate of drug-likeness (QED) is 0.773. The van der Waals surface area contributed by atoms with Crippen molar-refractivity contribution in [1.82, 2.24) is 0 Å². The van der Waals surface area contributed by atoms with Gasteiger partial charge in [0.15, 0.2) is 0 Å². The van der Waals surface area contributed by atoms with Crippen molar-refractivity contribution in [3.05, 3.63) is 16.0 Å². The highest BCUT2D eigenvalue weighted by molar-refractivity contribution is 8.00. The van der Waals surface area contributed by atoms with Gasteiger partial charge in [0.05, 0.1) is 25.5 Å². The first-order valence-electron chi connectivity index (χ1n) is 7.69. The number of carbonyl (C=O) groups excluding carboxylic acids is 3. The fourth-order valence-electron chi connectivity index (χ4n) is 2.65. The molecule has 1 aliphatic rings. The van der Waals surface area contributed by atoms with Gasteiger partial charge in [-0.1, -0.05) is 12.8 Å². The van der Waals surface area contributed by atoms with Gasteiger partial charge in [0.1, 0.15) is 9.88 Å². The molecule has 1 aromatic rings. The van der Waals surface area contributed by atoms with Gasteiger partial charge in [0.2, 0.25) is 5.91 Å². The number of ether oxygens (including phenoxy) is 2. The van der Waals surface area contributed by atoms with Gasteiger partial charge in [-0.05, 0) is 25.3 Å². The first kappa shape index (κ1) is 18.8. The van der Waals surface area contributed by atoms with Gasteiger partial charge in [-0.3, -0.25) is 4.79 Å². The third-order valence-corrected chi connectivity index (χ3v) is 6.47. The highest BCUT2D eigenvalue weighted by atomic mass is 32.2. The average molecular weight is 371 g/mol. The van der Waals surface area contributed by atoms with Gasteiger partial charge in [-0.15, -0.1) is 23.1 Å². The molecule has 0 bridgehead atoms. The van der Waals surface area contributed by atoms with Crippen molar-refractivity contribution < 1.29 is 23.9 Å². The van der Waals surface area contributed by atoms with Crippen LogP contribution in [-0.2, 0) is 14.3 Å². The number of rotatable bonds is 6. The molecule has 0 radical (unpaired) electrons. The molecule has 0 atom stereocenters. The summed E-state index contributed by atoms with van der Waals surface area (Å²) >= 11 is 2.67. The Morgan fingerprint density at radius 3 is 2.38 bits per heavy atom. The van der Waals surface area contributed by atoms with Gasteiger partial charge in [0, 0.05) is 5.25 Å². The first-order chi connectivity index (χ1) is 11.5. The molecule has 1 saturated carbocycles. The fourth-order valence-corrected chi connectivity index (χ4v) is 4.90. The van der Waals surface area contributed by atoms with E-state index in [0.717, 1.165) is 24.2 Å². The summed E-state index contributed by atoms with van der Waals surface area (Å²) in [6.07, 6.45) is 4.74. The molecule has 1 aliphatic carbocycles. The van der Waals surface area contributed by atoms with Gasteiger partial charge >= 0.3 is 11.9 Å². The minimum atomic E-state index is -0.586. The zero-order valence-electron chi connectivity index (χ0n) is 14.0. The van der Waals surface area contributed by atoms with Crippen molar-refractivity contribution in [2.24, 2.45) is 0 Å². The summed E-state index contributed by atoms with van der Waals surface area (Å²) in [4.78, 5) is 36.3. The summed E-state index contributed by atoms with van der Waals surface area (Å²) in [5, 5.41) is 3.60. The lowest BCUT2D eigenvalue weighted by molar-refractivity contribution is -0.113. The van der Waals surface area contributed by atoms with Crippen molar-refractivity contribution in [2.75, 3.05) is 25.3 Å². The Morgan fingerprint density at radius 2 is 1.79 bits per heavy atom.